The molecule has 0 radical (unpaired) electrons. The average molecular weight is 351 g/mol. The molecule has 0 amide bonds. The van der Waals surface area contributed by atoms with Crippen molar-refractivity contribution in [2.75, 3.05) is 5.75 Å². The fourth-order valence-corrected chi connectivity index (χ4v) is 3.69. The quantitative estimate of drug-likeness (QED) is 0.423. The third kappa shape index (κ3) is 4.94. The highest BCUT2D eigenvalue weighted by atomic mass is 32.2. The van der Waals surface area contributed by atoms with Crippen molar-refractivity contribution < 1.29 is 13.2 Å². The van der Waals surface area contributed by atoms with Crippen LogP contribution in [0.15, 0.2) is 22.0 Å². The van der Waals surface area contributed by atoms with Gasteiger partial charge >= 0.3 is 0 Å². The van der Waals surface area contributed by atoms with E-state index in [4.69, 9.17) is 0 Å². The second-order valence-electron chi connectivity index (χ2n) is 5.36. The van der Waals surface area contributed by atoms with Gasteiger partial charge in [-0.3, -0.25) is 4.99 Å². The number of rotatable bonds is 5. The van der Waals surface area contributed by atoms with Crippen LogP contribution in [0.5, 0.6) is 0 Å². The lowest BCUT2D eigenvalue weighted by Gasteiger charge is -2.25. The molecule has 0 aromatic heterocycles. The topological polar surface area (TPSA) is 12.4 Å². The molecule has 0 heterocycles. The highest BCUT2D eigenvalue weighted by Crippen LogP contribution is 2.34. The molecule has 21 heavy (non-hydrogen) atoms. The molecule has 7 heteroatoms. The van der Waals surface area contributed by atoms with Crippen molar-refractivity contribution in [2.24, 2.45) is 10.9 Å². The van der Waals surface area contributed by atoms with Crippen LogP contribution in [0.25, 0.3) is 0 Å². The van der Waals surface area contributed by atoms with Crippen molar-refractivity contribution in [1.82, 2.24) is 0 Å². The number of hydrogen-bond donors (Lipinski definition) is 0. The fourth-order valence-electron chi connectivity index (χ4n) is 1.91. The van der Waals surface area contributed by atoms with Gasteiger partial charge in [-0.15, -0.1) is 21.0 Å². The molecule has 2 unspecified atom stereocenters. The molecule has 0 saturated heterocycles. The summed E-state index contributed by atoms with van der Waals surface area (Å²) in [6, 6.07) is 2.88. The van der Waals surface area contributed by atoms with Gasteiger partial charge in [-0.25, -0.2) is 13.2 Å². The van der Waals surface area contributed by atoms with Crippen LogP contribution in [0.2, 0.25) is 0 Å². The van der Waals surface area contributed by atoms with Crippen LogP contribution < -0.4 is 5.30 Å². The van der Waals surface area contributed by atoms with Crippen molar-refractivity contribution in [2.45, 2.75) is 37.0 Å². The van der Waals surface area contributed by atoms with Crippen molar-refractivity contribution >= 4 is 46.7 Å². The predicted octanol–water partition coefficient (Wildman–Crippen LogP) is 4.78. The molecule has 1 fully saturated rings. The minimum atomic E-state index is -2.75. The standard InChI is InChI=1S/C14H18F3NP2S/c1-14(16,17)7-21-12-6-10(9(15)5-11(12)19)18-13(20)8-3-2-4-8/h5-6,8H,2-4,7,19-20H2,1H3. The monoisotopic (exact) mass is 351 g/mol. The highest BCUT2D eigenvalue weighted by Gasteiger charge is 2.23. The zero-order valence-corrected chi connectivity index (χ0v) is 14.8. The Labute approximate surface area is 132 Å². The van der Waals surface area contributed by atoms with Gasteiger partial charge in [0.2, 0.25) is 0 Å². The zero-order chi connectivity index (χ0) is 15.6. The number of nitrogens with zero attached hydrogens (tertiary/aromatic N) is 1. The minimum absolute atomic E-state index is 0.222. The summed E-state index contributed by atoms with van der Waals surface area (Å²) in [5, 5.41) is 0.578. The van der Waals surface area contributed by atoms with Gasteiger partial charge in [0.1, 0.15) is 11.5 Å². The van der Waals surface area contributed by atoms with Gasteiger partial charge in [-0.2, -0.15) is 0 Å². The van der Waals surface area contributed by atoms with Gasteiger partial charge in [-0.1, -0.05) is 15.7 Å². The van der Waals surface area contributed by atoms with Crippen LogP contribution in [-0.4, -0.2) is 17.1 Å². The summed E-state index contributed by atoms with van der Waals surface area (Å²) in [7, 11) is 4.95. The van der Waals surface area contributed by atoms with Crippen LogP contribution in [0.4, 0.5) is 18.9 Å². The molecule has 0 N–H and O–H groups in total. The summed E-state index contributed by atoms with van der Waals surface area (Å²) in [6.07, 6.45) is 3.34. The fraction of sp³-hybridized carbons (Fsp3) is 0.500. The molecule has 2 atom stereocenters. The number of hydrogen-bond acceptors (Lipinski definition) is 2. The van der Waals surface area contributed by atoms with Crippen molar-refractivity contribution in [1.29, 1.82) is 0 Å². The van der Waals surface area contributed by atoms with Gasteiger partial charge in [0.25, 0.3) is 5.92 Å². The lowest BCUT2D eigenvalue weighted by atomic mass is 9.86. The second kappa shape index (κ2) is 6.98. The van der Waals surface area contributed by atoms with E-state index in [1.54, 1.807) is 6.07 Å². The summed E-state index contributed by atoms with van der Waals surface area (Å²) in [6.45, 7) is 0.877. The van der Waals surface area contributed by atoms with Gasteiger partial charge in [0.15, 0.2) is 0 Å². The van der Waals surface area contributed by atoms with E-state index in [-0.39, 0.29) is 11.4 Å². The molecule has 2 rings (SSSR count). The summed E-state index contributed by atoms with van der Waals surface area (Å²) in [4.78, 5) is 4.94. The Morgan fingerprint density at radius 1 is 1.43 bits per heavy atom. The number of halogens is 3. The third-order valence-electron chi connectivity index (χ3n) is 3.33. The average Bonchev–Trinajstić information content (AvgIpc) is 2.27. The first-order valence-corrected chi connectivity index (χ1v) is 8.84. The lowest BCUT2D eigenvalue weighted by Crippen LogP contribution is -2.17. The molecule has 1 nitrogen and oxygen atoms in total. The van der Waals surface area contributed by atoms with Crippen molar-refractivity contribution in [3.05, 3.63) is 17.9 Å². The molecular formula is C14H18F3NP2S. The van der Waals surface area contributed by atoms with Crippen LogP contribution in [0, 0.1) is 11.7 Å². The van der Waals surface area contributed by atoms with Gasteiger partial charge in [0.05, 0.1) is 5.75 Å². The molecule has 0 aliphatic heterocycles. The molecule has 0 spiro atoms. The van der Waals surface area contributed by atoms with E-state index in [9.17, 15) is 13.2 Å². The molecule has 1 saturated carbocycles. The van der Waals surface area contributed by atoms with Crippen molar-refractivity contribution in [3.63, 3.8) is 0 Å². The number of alkyl halides is 2. The van der Waals surface area contributed by atoms with Gasteiger partial charge in [-0.05, 0) is 30.3 Å². The Balaban J connectivity index is 2.21. The summed E-state index contributed by atoms with van der Waals surface area (Å²) < 4.78 is 39.9. The highest BCUT2D eigenvalue weighted by molar-refractivity contribution is 7.99. The summed E-state index contributed by atoms with van der Waals surface area (Å²) >= 11 is 1.02. The molecule has 0 bridgehead atoms. The molecule has 1 aromatic carbocycles. The Morgan fingerprint density at radius 3 is 2.62 bits per heavy atom. The first kappa shape index (κ1) is 17.2. The zero-order valence-electron chi connectivity index (χ0n) is 11.7. The first-order valence-electron chi connectivity index (χ1n) is 6.70. The molecule has 1 aromatic rings. The van der Waals surface area contributed by atoms with Crippen LogP contribution in [0.1, 0.15) is 26.2 Å². The predicted molar refractivity (Wildman–Crippen MR) is 91.2 cm³/mol. The smallest absolute Gasteiger partial charge is 0.250 e. The maximum Gasteiger partial charge on any atom is 0.254 e. The van der Waals surface area contributed by atoms with Gasteiger partial charge < -0.3 is 0 Å². The third-order valence-corrected chi connectivity index (χ3v) is 5.94. The summed E-state index contributed by atoms with van der Waals surface area (Å²) in [5.41, 5.74) is 1.06. The second-order valence-corrected chi connectivity index (χ2v) is 7.60. The molecule has 1 aliphatic rings. The normalized spacial score (nSPS) is 17.0. The molecule has 116 valence electrons. The van der Waals surface area contributed by atoms with E-state index in [1.165, 1.54) is 12.5 Å². The van der Waals surface area contributed by atoms with E-state index < -0.39 is 11.7 Å². The maximum absolute atomic E-state index is 14.0. The molecule has 1 aliphatic carbocycles. The number of thioether (sulfide) groups is 1. The van der Waals surface area contributed by atoms with E-state index >= 15 is 0 Å². The Bertz CT molecular complexity index is 554. The SMILES string of the molecule is CC(F)(F)CSc1cc(N=C(P)C2CCC2)c(F)cc1P. The van der Waals surface area contributed by atoms with E-state index in [0.717, 1.165) is 37.0 Å². The van der Waals surface area contributed by atoms with Crippen LogP contribution in [0.3, 0.4) is 0 Å². The first-order chi connectivity index (χ1) is 9.76. The minimum Gasteiger partial charge on any atom is -0.250 e. The molecular weight excluding hydrogens is 333 g/mol. The van der Waals surface area contributed by atoms with Crippen LogP contribution in [-0.2, 0) is 0 Å². The maximum atomic E-state index is 14.0. The Morgan fingerprint density at radius 2 is 2.10 bits per heavy atom. The largest absolute Gasteiger partial charge is 0.254 e. The number of benzene rings is 1. The van der Waals surface area contributed by atoms with E-state index in [0.29, 0.717) is 16.1 Å². The van der Waals surface area contributed by atoms with Gasteiger partial charge in [0, 0.05) is 23.2 Å². The summed E-state index contributed by atoms with van der Waals surface area (Å²) in [5.74, 6) is -3.11. The van der Waals surface area contributed by atoms with Crippen LogP contribution >= 0.6 is 30.2 Å². The van der Waals surface area contributed by atoms with E-state index in [1.807, 2.05) is 0 Å². The lowest BCUT2D eigenvalue weighted by molar-refractivity contribution is 0.0492. The number of aliphatic imine (C=N–C) groups is 1. The Kier molecular flexibility index (Phi) is 5.73. The van der Waals surface area contributed by atoms with Crippen molar-refractivity contribution in [3.8, 4) is 0 Å². The van der Waals surface area contributed by atoms with E-state index in [2.05, 4.69) is 23.5 Å². The Hall–Kier alpha value is -0.110.